The van der Waals surface area contributed by atoms with E-state index in [9.17, 15) is 0 Å². The molecule has 0 saturated carbocycles. The standard InChI is InChI=1S/C17H21NO/c1-2-19-13-16(18)17(14-9-5-3-6-10-14)15-11-7-4-8-12-15/h3-12,16-17H,2,13,18H2,1H3. The zero-order chi connectivity index (χ0) is 13.5. The lowest BCUT2D eigenvalue weighted by molar-refractivity contribution is 0.129. The smallest absolute Gasteiger partial charge is 0.0626 e. The SMILES string of the molecule is CCOCC(N)C(c1ccccc1)c1ccccc1. The Morgan fingerprint density at radius 2 is 1.37 bits per heavy atom. The second-order valence-corrected chi connectivity index (χ2v) is 4.62. The van der Waals surface area contributed by atoms with Crippen LogP contribution < -0.4 is 5.73 Å². The zero-order valence-corrected chi connectivity index (χ0v) is 11.3. The molecule has 0 bridgehead atoms. The van der Waals surface area contributed by atoms with Gasteiger partial charge in [-0.05, 0) is 18.1 Å². The van der Waals surface area contributed by atoms with E-state index in [-0.39, 0.29) is 12.0 Å². The van der Waals surface area contributed by atoms with Gasteiger partial charge in [0.25, 0.3) is 0 Å². The van der Waals surface area contributed by atoms with Crippen LogP contribution in [0.3, 0.4) is 0 Å². The van der Waals surface area contributed by atoms with Gasteiger partial charge in [-0.25, -0.2) is 0 Å². The molecule has 0 aliphatic rings. The maximum atomic E-state index is 6.34. The van der Waals surface area contributed by atoms with Gasteiger partial charge in [-0.2, -0.15) is 0 Å². The molecular weight excluding hydrogens is 234 g/mol. The number of rotatable bonds is 6. The molecule has 2 rings (SSSR count). The van der Waals surface area contributed by atoms with Crippen LogP contribution in [0.5, 0.6) is 0 Å². The summed E-state index contributed by atoms with van der Waals surface area (Å²) < 4.78 is 5.49. The molecule has 0 aromatic heterocycles. The van der Waals surface area contributed by atoms with Gasteiger partial charge in [-0.3, -0.25) is 0 Å². The minimum absolute atomic E-state index is 0.0373. The fourth-order valence-electron chi connectivity index (χ4n) is 2.36. The average Bonchev–Trinajstić information content (AvgIpc) is 2.47. The van der Waals surface area contributed by atoms with E-state index in [0.717, 1.165) is 0 Å². The van der Waals surface area contributed by atoms with Crippen molar-refractivity contribution >= 4 is 0 Å². The second kappa shape index (κ2) is 7.07. The first kappa shape index (κ1) is 13.8. The third kappa shape index (κ3) is 3.66. The molecule has 0 fully saturated rings. The predicted molar refractivity (Wildman–Crippen MR) is 79.2 cm³/mol. The highest BCUT2D eigenvalue weighted by atomic mass is 16.5. The molecule has 1 unspecified atom stereocenters. The Hall–Kier alpha value is -1.64. The summed E-state index contributed by atoms with van der Waals surface area (Å²) in [5, 5.41) is 0. The van der Waals surface area contributed by atoms with Crippen molar-refractivity contribution in [2.45, 2.75) is 18.9 Å². The van der Waals surface area contributed by atoms with Crippen LogP contribution in [-0.2, 0) is 4.74 Å². The Morgan fingerprint density at radius 1 is 0.895 bits per heavy atom. The number of hydrogen-bond acceptors (Lipinski definition) is 2. The third-order valence-corrected chi connectivity index (χ3v) is 3.26. The van der Waals surface area contributed by atoms with Crippen molar-refractivity contribution in [3.05, 3.63) is 71.8 Å². The summed E-state index contributed by atoms with van der Waals surface area (Å²) in [5.74, 6) is 0.175. The van der Waals surface area contributed by atoms with Gasteiger partial charge in [0.05, 0.1) is 6.61 Å². The number of nitrogens with two attached hydrogens (primary N) is 1. The average molecular weight is 255 g/mol. The van der Waals surface area contributed by atoms with Crippen LogP contribution in [0, 0.1) is 0 Å². The normalized spacial score (nSPS) is 12.6. The summed E-state index contributed by atoms with van der Waals surface area (Å²) in [7, 11) is 0. The van der Waals surface area contributed by atoms with Gasteiger partial charge in [-0.1, -0.05) is 60.7 Å². The van der Waals surface area contributed by atoms with Crippen molar-refractivity contribution in [2.24, 2.45) is 5.73 Å². The van der Waals surface area contributed by atoms with Gasteiger partial charge in [0, 0.05) is 18.6 Å². The lowest BCUT2D eigenvalue weighted by Gasteiger charge is -2.24. The minimum Gasteiger partial charge on any atom is -0.380 e. The fourth-order valence-corrected chi connectivity index (χ4v) is 2.36. The van der Waals surface area contributed by atoms with Crippen LogP contribution in [0.2, 0.25) is 0 Å². The Bertz CT molecular complexity index is 430. The van der Waals surface area contributed by atoms with E-state index in [4.69, 9.17) is 10.5 Å². The van der Waals surface area contributed by atoms with Crippen molar-refractivity contribution in [1.29, 1.82) is 0 Å². The maximum absolute atomic E-state index is 6.34. The third-order valence-electron chi connectivity index (χ3n) is 3.26. The number of benzene rings is 2. The first-order valence-corrected chi connectivity index (χ1v) is 6.76. The quantitative estimate of drug-likeness (QED) is 0.860. The van der Waals surface area contributed by atoms with Gasteiger partial charge < -0.3 is 10.5 Å². The van der Waals surface area contributed by atoms with E-state index in [2.05, 4.69) is 48.5 Å². The topological polar surface area (TPSA) is 35.2 Å². The minimum atomic E-state index is -0.0373. The van der Waals surface area contributed by atoms with Gasteiger partial charge in [0.1, 0.15) is 0 Å². The van der Waals surface area contributed by atoms with Crippen molar-refractivity contribution < 1.29 is 4.74 Å². The molecule has 19 heavy (non-hydrogen) atoms. The Kier molecular flexibility index (Phi) is 5.13. The lowest BCUT2D eigenvalue weighted by Crippen LogP contribution is -2.34. The van der Waals surface area contributed by atoms with Crippen LogP contribution in [0.25, 0.3) is 0 Å². The summed E-state index contributed by atoms with van der Waals surface area (Å²) in [5.41, 5.74) is 8.82. The molecule has 1 atom stereocenters. The van der Waals surface area contributed by atoms with Gasteiger partial charge >= 0.3 is 0 Å². The first-order valence-electron chi connectivity index (χ1n) is 6.76. The highest BCUT2D eigenvalue weighted by molar-refractivity contribution is 5.34. The van der Waals surface area contributed by atoms with E-state index >= 15 is 0 Å². The van der Waals surface area contributed by atoms with E-state index in [0.29, 0.717) is 13.2 Å². The Balaban J connectivity index is 2.29. The van der Waals surface area contributed by atoms with Crippen LogP contribution in [-0.4, -0.2) is 19.3 Å². The molecular formula is C17H21NO. The van der Waals surface area contributed by atoms with E-state index in [1.165, 1.54) is 11.1 Å². The fraction of sp³-hybridized carbons (Fsp3) is 0.294. The van der Waals surface area contributed by atoms with E-state index < -0.39 is 0 Å². The van der Waals surface area contributed by atoms with Gasteiger partial charge in [-0.15, -0.1) is 0 Å². The van der Waals surface area contributed by atoms with Gasteiger partial charge in [0.2, 0.25) is 0 Å². The Labute approximate surface area is 115 Å². The summed E-state index contributed by atoms with van der Waals surface area (Å²) in [4.78, 5) is 0. The zero-order valence-electron chi connectivity index (χ0n) is 11.3. The van der Waals surface area contributed by atoms with Crippen LogP contribution in [0.4, 0.5) is 0 Å². The number of hydrogen-bond donors (Lipinski definition) is 1. The van der Waals surface area contributed by atoms with Crippen molar-refractivity contribution in [3.8, 4) is 0 Å². The highest BCUT2D eigenvalue weighted by Crippen LogP contribution is 2.27. The summed E-state index contributed by atoms with van der Waals surface area (Å²) in [6, 6.07) is 20.7. The molecule has 0 heterocycles. The van der Waals surface area contributed by atoms with Crippen molar-refractivity contribution in [3.63, 3.8) is 0 Å². The summed E-state index contributed by atoms with van der Waals surface area (Å²) >= 11 is 0. The molecule has 2 heteroatoms. The maximum Gasteiger partial charge on any atom is 0.0626 e. The summed E-state index contributed by atoms with van der Waals surface area (Å²) in [6.07, 6.45) is 0. The Morgan fingerprint density at radius 3 is 1.79 bits per heavy atom. The second-order valence-electron chi connectivity index (χ2n) is 4.62. The molecule has 2 aromatic rings. The molecule has 0 radical (unpaired) electrons. The molecule has 2 aromatic carbocycles. The van der Waals surface area contributed by atoms with E-state index in [1.54, 1.807) is 0 Å². The highest BCUT2D eigenvalue weighted by Gasteiger charge is 2.21. The molecule has 100 valence electrons. The molecule has 0 amide bonds. The largest absolute Gasteiger partial charge is 0.380 e. The molecule has 2 N–H and O–H groups in total. The lowest BCUT2D eigenvalue weighted by atomic mass is 9.86. The first-order chi connectivity index (χ1) is 9.33. The van der Waals surface area contributed by atoms with Gasteiger partial charge in [0.15, 0.2) is 0 Å². The van der Waals surface area contributed by atoms with Crippen molar-refractivity contribution in [1.82, 2.24) is 0 Å². The molecule has 0 aliphatic heterocycles. The molecule has 0 spiro atoms. The van der Waals surface area contributed by atoms with E-state index in [1.807, 2.05) is 19.1 Å². The molecule has 2 nitrogen and oxygen atoms in total. The predicted octanol–water partition coefficient (Wildman–Crippen LogP) is 3.18. The van der Waals surface area contributed by atoms with Crippen molar-refractivity contribution in [2.75, 3.05) is 13.2 Å². The monoisotopic (exact) mass is 255 g/mol. The van der Waals surface area contributed by atoms with Crippen LogP contribution >= 0.6 is 0 Å². The molecule has 0 aliphatic carbocycles. The van der Waals surface area contributed by atoms with Crippen LogP contribution in [0.1, 0.15) is 24.0 Å². The van der Waals surface area contributed by atoms with Crippen LogP contribution in [0.15, 0.2) is 60.7 Å². The number of ether oxygens (including phenoxy) is 1. The summed E-state index contributed by atoms with van der Waals surface area (Å²) in [6.45, 7) is 3.27. The molecule has 0 saturated heterocycles.